The van der Waals surface area contributed by atoms with Gasteiger partial charge in [-0.3, -0.25) is 4.79 Å². The fraction of sp³-hybridized carbons (Fsp3) is 0.154. The van der Waals surface area contributed by atoms with E-state index in [0.717, 1.165) is 5.56 Å². The molecular formula is C13H13FN4O. The van der Waals surface area contributed by atoms with E-state index in [9.17, 15) is 9.18 Å². The summed E-state index contributed by atoms with van der Waals surface area (Å²) >= 11 is 0. The van der Waals surface area contributed by atoms with Crippen LogP contribution in [0.3, 0.4) is 0 Å². The van der Waals surface area contributed by atoms with Crippen LogP contribution in [0.1, 0.15) is 11.4 Å². The Morgan fingerprint density at radius 1 is 1.53 bits per heavy atom. The molecule has 19 heavy (non-hydrogen) atoms. The van der Waals surface area contributed by atoms with Crippen molar-refractivity contribution >= 4 is 5.91 Å². The minimum absolute atomic E-state index is 0.237. The minimum atomic E-state index is -0.281. The molecule has 5 nitrogen and oxygen atoms in total. The third-order valence-electron chi connectivity index (χ3n) is 2.42. The molecule has 1 heterocycles. The van der Waals surface area contributed by atoms with Crippen LogP contribution in [0, 0.1) is 5.82 Å². The molecule has 2 rings (SSSR count). The van der Waals surface area contributed by atoms with Crippen LogP contribution in [0.25, 0.3) is 0 Å². The number of halogens is 1. The topological polar surface area (TPSA) is 59.8 Å². The van der Waals surface area contributed by atoms with Crippen molar-refractivity contribution in [2.24, 2.45) is 0 Å². The average molecular weight is 260 g/mol. The van der Waals surface area contributed by atoms with Gasteiger partial charge in [-0.15, -0.1) is 0 Å². The summed E-state index contributed by atoms with van der Waals surface area (Å²) in [5, 5.41) is 6.76. The van der Waals surface area contributed by atoms with E-state index in [1.807, 2.05) is 6.07 Å². The van der Waals surface area contributed by atoms with Gasteiger partial charge in [-0.05, 0) is 23.8 Å². The zero-order valence-corrected chi connectivity index (χ0v) is 10.2. The van der Waals surface area contributed by atoms with Crippen LogP contribution in [0.4, 0.5) is 4.39 Å². The predicted molar refractivity (Wildman–Crippen MR) is 67.6 cm³/mol. The highest BCUT2D eigenvalue weighted by Gasteiger charge is 2.03. The molecule has 0 unspecified atom stereocenters. The maximum Gasteiger partial charge on any atom is 0.243 e. The summed E-state index contributed by atoms with van der Waals surface area (Å²) in [5.41, 5.74) is 0.798. The second-order valence-electron chi connectivity index (χ2n) is 3.91. The highest BCUT2D eigenvalue weighted by atomic mass is 19.1. The van der Waals surface area contributed by atoms with Crippen LogP contribution in [0.2, 0.25) is 0 Å². The smallest absolute Gasteiger partial charge is 0.243 e. The van der Waals surface area contributed by atoms with Crippen molar-refractivity contribution in [3.63, 3.8) is 0 Å². The van der Waals surface area contributed by atoms with E-state index in [1.54, 1.807) is 17.1 Å². The summed E-state index contributed by atoms with van der Waals surface area (Å²) in [7, 11) is 0. The van der Waals surface area contributed by atoms with Gasteiger partial charge < -0.3 is 5.32 Å². The first kappa shape index (κ1) is 12.9. The first-order chi connectivity index (χ1) is 9.17. The molecule has 1 aromatic carbocycles. The van der Waals surface area contributed by atoms with Gasteiger partial charge >= 0.3 is 0 Å². The fourth-order valence-corrected chi connectivity index (χ4v) is 1.55. The molecular weight excluding hydrogens is 247 g/mol. The standard InChI is InChI=1S/C13H13FN4O/c1-2-13(19)15-7-12-16-9-18(17-12)8-10-4-3-5-11(14)6-10/h2-6,9H,1,7-8H2,(H,15,19). The van der Waals surface area contributed by atoms with E-state index in [2.05, 4.69) is 22.0 Å². The molecule has 0 saturated heterocycles. The number of hydrogen-bond donors (Lipinski definition) is 1. The lowest BCUT2D eigenvalue weighted by atomic mass is 10.2. The van der Waals surface area contributed by atoms with E-state index >= 15 is 0 Å². The zero-order valence-electron chi connectivity index (χ0n) is 10.2. The Kier molecular flexibility index (Phi) is 4.02. The molecule has 1 amide bonds. The van der Waals surface area contributed by atoms with Gasteiger partial charge in [0.25, 0.3) is 0 Å². The fourth-order valence-electron chi connectivity index (χ4n) is 1.55. The molecule has 6 heteroatoms. The maximum absolute atomic E-state index is 13.0. The number of rotatable bonds is 5. The first-order valence-electron chi connectivity index (χ1n) is 5.70. The summed E-state index contributed by atoms with van der Waals surface area (Å²) in [5.74, 6) is -0.0656. The summed E-state index contributed by atoms with van der Waals surface area (Å²) in [6.45, 7) is 4.02. The number of benzene rings is 1. The molecule has 0 aliphatic heterocycles. The number of nitrogens with zero attached hydrogens (tertiary/aromatic N) is 3. The van der Waals surface area contributed by atoms with Crippen molar-refractivity contribution in [1.29, 1.82) is 0 Å². The monoisotopic (exact) mass is 260 g/mol. The van der Waals surface area contributed by atoms with Crippen LogP contribution in [-0.2, 0) is 17.9 Å². The molecule has 98 valence electrons. The van der Waals surface area contributed by atoms with Crippen molar-refractivity contribution in [2.45, 2.75) is 13.1 Å². The summed E-state index contributed by atoms with van der Waals surface area (Å²) in [6.07, 6.45) is 2.73. The molecule has 1 aromatic heterocycles. The molecule has 0 saturated carbocycles. The van der Waals surface area contributed by atoms with E-state index in [1.165, 1.54) is 18.2 Å². The van der Waals surface area contributed by atoms with Gasteiger partial charge in [0.2, 0.25) is 5.91 Å². The molecule has 0 aliphatic carbocycles. The van der Waals surface area contributed by atoms with Crippen LogP contribution >= 0.6 is 0 Å². The first-order valence-corrected chi connectivity index (χ1v) is 5.70. The highest BCUT2D eigenvalue weighted by Crippen LogP contribution is 2.05. The Bertz CT molecular complexity index is 594. The van der Waals surface area contributed by atoms with Gasteiger partial charge in [-0.2, -0.15) is 5.10 Å². The van der Waals surface area contributed by atoms with Gasteiger partial charge in [0, 0.05) is 0 Å². The van der Waals surface area contributed by atoms with Crippen molar-refractivity contribution in [1.82, 2.24) is 20.1 Å². The van der Waals surface area contributed by atoms with Crippen molar-refractivity contribution in [3.8, 4) is 0 Å². The van der Waals surface area contributed by atoms with Crippen LogP contribution in [0.5, 0.6) is 0 Å². The van der Waals surface area contributed by atoms with Gasteiger partial charge in [-0.1, -0.05) is 18.7 Å². The third kappa shape index (κ3) is 3.74. The number of aromatic nitrogens is 3. The Hall–Kier alpha value is -2.50. The lowest BCUT2D eigenvalue weighted by Gasteiger charge is -2.01. The Morgan fingerprint density at radius 3 is 3.11 bits per heavy atom. The van der Waals surface area contributed by atoms with Crippen molar-refractivity contribution in [2.75, 3.05) is 0 Å². The quantitative estimate of drug-likeness (QED) is 0.823. The number of hydrogen-bond acceptors (Lipinski definition) is 3. The zero-order chi connectivity index (χ0) is 13.7. The molecule has 0 bridgehead atoms. The van der Waals surface area contributed by atoms with E-state index in [0.29, 0.717) is 12.4 Å². The Balaban J connectivity index is 1.97. The molecule has 0 spiro atoms. The maximum atomic E-state index is 13.0. The lowest BCUT2D eigenvalue weighted by Crippen LogP contribution is -2.20. The van der Waals surface area contributed by atoms with Gasteiger partial charge in [0.15, 0.2) is 5.82 Å². The van der Waals surface area contributed by atoms with Crippen molar-refractivity contribution in [3.05, 3.63) is 60.5 Å². The number of amides is 1. The second-order valence-corrected chi connectivity index (χ2v) is 3.91. The Morgan fingerprint density at radius 2 is 2.37 bits per heavy atom. The molecule has 0 atom stereocenters. The third-order valence-corrected chi connectivity index (χ3v) is 2.42. The number of carbonyl (C=O) groups is 1. The summed E-state index contributed by atoms with van der Waals surface area (Å²) < 4.78 is 14.6. The van der Waals surface area contributed by atoms with Gasteiger partial charge in [-0.25, -0.2) is 14.1 Å². The average Bonchev–Trinajstić information content (AvgIpc) is 2.83. The summed E-state index contributed by atoms with van der Waals surface area (Å²) in [4.78, 5) is 15.0. The van der Waals surface area contributed by atoms with E-state index in [4.69, 9.17) is 0 Å². The predicted octanol–water partition coefficient (Wildman–Crippen LogP) is 1.27. The van der Waals surface area contributed by atoms with Crippen LogP contribution in [0.15, 0.2) is 43.2 Å². The van der Waals surface area contributed by atoms with Crippen LogP contribution in [-0.4, -0.2) is 20.7 Å². The SMILES string of the molecule is C=CC(=O)NCc1ncn(Cc2cccc(F)c2)n1. The highest BCUT2D eigenvalue weighted by molar-refractivity contribution is 5.86. The molecule has 2 aromatic rings. The number of nitrogens with one attached hydrogen (secondary N) is 1. The molecule has 1 N–H and O–H groups in total. The Labute approximate surface area is 109 Å². The molecule has 0 fully saturated rings. The minimum Gasteiger partial charge on any atom is -0.345 e. The van der Waals surface area contributed by atoms with Crippen molar-refractivity contribution < 1.29 is 9.18 Å². The normalized spacial score (nSPS) is 10.2. The largest absolute Gasteiger partial charge is 0.345 e. The second kappa shape index (κ2) is 5.90. The number of carbonyl (C=O) groups excluding carboxylic acids is 1. The van der Waals surface area contributed by atoms with E-state index in [-0.39, 0.29) is 18.3 Å². The molecule has 0 aliphatic rings. The lowest BCUT2D eigenvalue weighted by molar-refractivity contribution is -0.116. The van der Waals surface area contributed by atoms with E-state index < -0.39 is 0 Å². The molecule has 0 radical (unpaired) electrons. The van der Waals surface area contributed by atoms with Gasteiger partial charge in [0.1, 0.15) is 12.1 Å². The summed E-state index contributed by atoms with van der Waals surface area (Å²) in [6, 6.07) is 6.29. The van der Waals surface area contributed by atoms with Gasteiger partial charge in [0.05, 0.1) is 13.1 Å². The van der Waals surface area contributed by atoms with Crippen LogP contribution < -0.4 is 5.32 Å².